The predicted molar refractivity (Wildman–Crippen MR) is 97.2 cm³/mol. The number of carbonyl (C=O) groups excluding carboxylic acids is 1. The Kier molecular flexibility index (Phi) is 6.40. The molecule has 24 heavy (non-hydrogen) atoms. The number of methoxy groups -OCH3 is 1. The third-order valence-electron chi connectivity index (χ3n) is 3.30. The van der Waals surface area contributed by atoms with E-state index < -0.39 is 0 Å². The van der Waals surface area contributed by atoms with Crippen molar-refractivity contribution in [1.29, 1.82) is 0 Å². The molecule has 2 aromatic rings. The number of rotatable bonds is 7. The number of pyridine rings is 1. The van der Waals surface area contributed by atoms with Gasteiger partial charge in [-0.3, -0.25) is 9.78 Å². The Morgan fingerprint density at radius 2 is 2.04 bits per heavy atom. The van der Waals surface area contributed by atoms with Gasteiger partial charge in [-0.25, -0.2) is 0 Å². The van der Waals surface area contributed by atoms with Crippen molar-refractivity contribution >= 4 is 28.9 Å². The van der Waals surface area contributed by atoms with Crippen LogP contribution in [0, 0.1) is 0 Å². The number of halogens is 1. The minimum absolute atomic E-state index is 0.250. The normalized spacial score (nSPS) is 10.5. The lowest BCUT2D eigenvalue weighted by molar-refractivity contribution is 0.102. The molecule has 7 heteroatoms. The number of hydrogen-bond donors (Lipinski definition) is 2. The van der Waals surface area contributed by atoms with Gasteiger partial charge in [-0.1, -0.05) is 11.6 Å². The molecular weight excluding hydrogens is 328 g/mol. The van der Waals surface area contributed by atoms with Crippen molar-refractivity contribution in [3.05, 3.63) is 47.2 Å². The smallest absolute Gasteiger partial charge is 0.257 e. The van der Waals surface area contributed by atoms with Gasteiger partial charge in [-0.2, -0.15) is 0 Å². The van der Waals surface area contributed by atoms with Crippen LogP contribution in [0.2, 0.25) is 5.02 Å². The average Bonchev–Trinajstić information content (AvgIpc) is 2.55. The number of hydrogen-bond acceptors (Lipinski definition) is 5. The monoisotopic (exact) mass is 348 g/mol. The van der Waals surface area contributed by atoms with E-state index in [1.807, 2.05) is 14.1 Å². The lowest BCUT2D eigenvalue weighted by Crippen LogP contribution is -2.21. The highest BCUT2D eigenvalue weighted by Gasteiger charge is 2.09. The quantitative estimate of drug-likeness (QED) is 0.805. The Balaban J connectivity index is 2.03. The molecule has 0 atom stereocenters. The third kappa shape index (κ3) is 5.11. The molecule has 1 heterocycles. The third-order valence-corrected chi connectivity index (χ3v) is 3.59. The number of amides is 1. The molecule has 1 amide bonds. The van der Waals surface area contributed by atoms with Crippen molar-refractivity contribution in [3.63, 3.8) is 0 Å². The summed E-state index contributed by atoms with van der Waals surface area (Å²) in [5, 5.41) is 6.47. The molecule has 0 radical (unpaired) electrons. The minimum Gasteiger partial charge on any atom is -0.495 e. The molecule has 1 aromatic carbocycles. The number of benzene rings is 1. The van der Waals surface area contributed by atoms with Crippen LogP contribution in [-0.2, 0) is 0 Å². The number of likely N-dealkylation sites (N-methyl/N-ethyl adjacent to an activating group) is 1. The fraction of sp³-hybridized carbons (Fsp3) is 0.294. The Hall–Kier alpha value is -2.31. The van der Waals surface area contributed by atoms with Gasteiger partial charge in [0.25, 0.3) is 5.91 Å². The summed E-state index contributed by atoms with van der Waals surface area (Å²) in [4.78, 5) is 18.5. The van der Waals surface area contributed by atoms with Crippen LogP contribution in [0.15, 0.2) is 36.7 Å². The molecular formula is C17H21ClN4O2. The molecule has 0 unspecified atom stereocenters. The first-order valence-electron chi connectivity index (χ1n) is 7.48. The van der Waals surface area contributed by atoms with Gasteiger partial charge in [-0.05, 0) is 38.4 Å². The molecule has 2 N–H and O–H groups in total. The molecule has 0 saturated carbocycles. The fourth-order valence-corrected chi connectivity index (χ4v) is 2.29. The van der Waals surface area contributed by atoms with Crippen LogP contribution in [0.3, 0.4) is 0 Å². The minimum atomic E-state index is -0.250. The van der Waals surface area contributed by atoms with E-state index in [0.29, 0.717) is 22.0 Å². The summed E-state index contributed by atoms with van der Waals surface area (Å²) in [5.41, 5.74) is 1.87. The van der Waals surface area contributed by atoms with Crippen molar-refractivity contribution in [2.75, 3.05) is 44.9 Å². The Bertz CT molecular complexity index is 707. The topological polar surface area (TPSA) is 66.5 Å². The standard InChI is InChI=1S/C17H21ClN4O2/c1-22(2)7-6-20-14-8-12(10-19-11-14)17(23)21-13-4-5-16(24-3)15(18)9-13/h4-5,8-11,20H,6-7H2,1-3H3,(H,21,23). The van der Waals surface area contributed by atoms with E-state index in [1.165, 1.54) is 6.20 Å². The van der Waals surface area contributed by atoms with Crippen LogP contribution in [-0.4, -0.2) is 50.1 Å². The van der Waals surface area contributed by atoms with Gasteiger partial charge in [0.15, 0.2) is 0 Å². The first-order valence-corrected chi connectivity index (χ1v) is 7.86. The molecule has 128 valence electrons. The van der Waals surface area contributed by atoms with E-state index in [4.69, 9.17) is 16.3 Å². The molecule has 0 spiro atoms. The van der Waals surface area contributed by atoms with E-state index in [1.54, 1.807) is 37.6 Å². The highest BCUT2D eigenvalue weighted by Crippen LogP contribution is 2.27. The highest BCUT2D eigenvalue weighted by molar-refractivity contribution is 6.32. The van der Waals surface area contributed by atoms with E-state index >= 15 is 0 Å². The van der Waals surface area contributed by atoms with E-state index in [9.17, 15) is 4.79 Å². The van der Waals surface area contributed by atoms with Gasteiger partial charge < -0.3 is 20.3 Å². The lowest BCUT2D eigenvalue weighted by atomic mass is 10.2. The molecule has 0 fully saturated rings. The largest absolute Gasteiger partial charge is 0.495 e. The zero-order valence-electron chi connectivity index (χ0n) is 14.0. The Labute approximate surface area is 146 Å². The van der Waals surface area contributed by atoms with Crippen LogP contribution < -0.4 is 15.4 Å². The van der Waals surface area contributed by atoms with Crippen molar-refractivity contribution in [3.8, 4) is 5.75 Å². The number of nitrogens with one attached hydrogen (secondary N) is 2. The summed E-state index contributed by atoms with van der Waals surface area (Å²) < 4.78 is 5.09. The van der Waals surface area contributed by atoms with Gasteiger partial charge >= 0.3 is 0 Å². The number of nitrogens with zero attached hydrogens (tertiary/aromatic N) is 2. The van der Waals surface area contributed by atoms with Gasteiger partial charge in [0.1, 0.15) is 5.75 Å². The zero-order chi connectivity index (χ0) is 17.5. The number of ether oxygens (including phenoxy) is 1. The fourth-order valence-electron chi connectivity index (χ4n) is 2.03. The van der Waals surface area contributed by atoms with Crippen molar-refractivity contribution in [2.45, 2.75) is 0 Å². The highest BCUT2D eigenvalue weighted by atomic mass is 35.5. The van der Waals surface area contributed by atoms with Crippen molar-refractivity contribution < 1.29 is 9.53 Å². The maximum Gasteiger partial charge on any atom is 0.257 e. The van der Waals surface area contributed by atoms with Gasteiger partial charge in [0.05, 0.1) is 23.4 Å². The second-order valence-corrected chi connectivity index (χ2v) is 5.90. The van der Waals surface area contributed by atoms with Crippen LogP contribution in [0.5, 0.6) is 5.75 Å². The second-order valence-electron chi connectivity index (χ2n) is 5.50. The number of anilines is 2. The van der Waals surface area contributed by atoms with Gasteiger partial charge in [-0.15, -0.1) is 0 Å². The predicted octanol–water partition coefficient (Wildman–Crippen LogP) is 2.97. The zero-order valence-corrected chi connectivity index (χ0v) is 14.7. The summed E-state index contributed by atoms with van der Waals surface area (Å²) in [5.74, 6) is 0.309. The van der Waals surface area contributed by atoms with Gasteiger partial charge in [0, 0.05) is 31.2 Å². The van der Waals surface area contributed by atoms with Gasteiger partial charge in [0.2, 0.25) is 0 Å². The van der Waals surface area contributed by atoms with Crippen LogP contribution in [0.25, 0.3) is 0 Å². The molecule has 0 aliphatic rings. The van der Waals surface area contributed by atoms with Crippen LogP contribution in [0.1, 0.15) is 10.4 Å². The van der Waals surface area contributed by atoms with E-state index in [2.05, 4.69) is 20.5 Å². The molecule has 0 bridgehead atoms. The number of aromatic nitrogens is 1. The van der Waals surface area contributed by atoms with Crippen molar-refractivity contribution in [1.82, 2.24) is 9.88 Å². The maximum atomic E-state index is 12.4. The molecule has 1 aromatic heterocycles. The van der Waals surface area contributed by atoms with Crippen molar-refractivity contribution in [2.24, 2.45) is 0 Å². The van der Waals surface area contributed by atoms with E-state index in [-0.39, 0.29) is 5.91 Å². The maximum absolute atomic E-state index is 12.4. The molecule has 2 rings (SSSR count). The lowest BCUT2D eigenvalue weighted by Gasteiger charge is -2.12. The summed E-state index contributed by atoms with van der Waals surface area (Å²) in [7, 11) is 5.55. The SMILES string of the molecule is COc1ccc(NC(=O)c2cncc(NCCN(C)C)c2)cc1Cl. The molecule has 0 aliphatic carbocycles. The first kappa shape index (κ1) is 18.0. The molecule has 6 nitrogen and oxygen atoms in total. The summed E-state index contributed by atoms with van der Waals surface area (Å²) in [6, 6.07) is 6.85. The molecule has 0 aliphatic heterocycles. The second kappa shape index (κ2) is 8.52. The van der Waals surface area contributed by atoms with Crippen LogP contribution in [0.4, 0.5) is 11.4 Å². The summed E-state index contributed by atoms with van der Waals surface area (Å²) >= 11 is 6.06. The molecule has 0 saturated heterocycles. The van der Waals surface area contributed by atoms with E-state index in [0.717, 1.165) is 18.8 Å². The Morgan fingerprint density at radius 3 is 2.71 bits per heavy atom. The average molecular weight is 349 g/mol. The summed E-state index contributed by atoms with van der Waals surface area (Å²) in [6.07, 6.45) is 3.22. The first-order chi connectivity index (χ1) is 11.5. The summed E-state index contributed by atoms with van der Waals surface area (Å²) in [6.45, 7) is 1.66. The van der Waals surface area contributed by atoms with Crippen LogP contribution >= 0.6 is 11.6 Å². The number of carbonyl (C=O) groups is 1. The Morgan fingerprint density at radius 1 is 1.25 bits per heavy atom.